The van der Waals surface area contributed by atoms with Gasteiger partial charge in [-0.3, -0.25) is 4.98 Å². The number of carbonyl (C=O) groups is 1. The third-order valence-corrected chi connectivity index (χ3v) is 3.26. The van der Waals surface area contributed by atoms with Crippen molar-refractivity contribution < 1.29 is 9.53 Å². The first-order chi connectivity index (χ1) is 9.24. The highest BCUT2D eigenvalue weighted by molar-refractivity contribution is 6.21. The lowest BCUT2D eigenvalue weighted by Crippen LogP contribution is -2.07. The summed E-state index contributed by atoms with van der Waals surface area (Å²) in [4.78, 5) is 16.0. The molecule has 2 aromatic carbocycles. The average molecular weight is 252 g/mol. The van der Waals surface area contributed by atoms with E-state index in [1.165, 1.54) is 7.11 Å². The maximum Gasteiger partial charge on any atom is 0.340 e. The third-order valence-electron chi connectivity index (χ3n) is 3.26. The molecule has 19 heavy (non-hydrogen) atoms. The first kappa shape index (κ1) is 11.5. The zero-order valence-electron chi connectivity index (χ0n) is 10.4. The number of ether oxygens (including phenoxy) is 1. The Kier molecular flexibility index (Phi) is 2.56. The number of carbonyl (C=O) groups excluding carboxylic acids is 1. The summed E-state index contributed by atoms with van der Waals surface area (Å²) in [5, 5.41) is 3.51. The van der Waals surface area contributed by atoms with Crippen LogP contribution in [0.25, 0.3) is 21.5 Å². The van der Waals surface area contributed by atoms with E-state index in [0.717, 1.165) is 21.5 Å². The Morgan fingerprint density at radius 2 is 1.79 bits per heavy atom. The lowest BCUT2D eigenvalue weighted by molar-refractivity contribution is 0.0604. The number of fused-ring (bicyclic) bond motifs is 3. The van der Waals surface area contributed by atoms with Gasteiger partial charge in [0.1, 0.15) is 0 Å². The van der Waals surface area contributed by atoms with Crippen LogP contribution in [0.1, 0.15) is 10.4 Å². The minimum absolute atomic E-state index is 0.401. The van der Waals surface area contributed by atoms with Crippen LogP contribution in [0.4, 0.5) is 5.69 Å². The van der Waals surface area contributed by atoms with Gasteiger partial charge in [-0.1, -0.05) is 24.3 Å². The van der Waals surface area contributed by atoms with Crippen LogP contribution in [0.15, 0.2) is 42.7 Å². The van der Waals surface area contributed by atoms with Gasteiger partial charge in [0.25, 0.3) is 0 Å². The summed E-state index contributed by atoms with van der Waals surface area (Å²) in [6.07, 6.45) is 3.38. The zero-order valence-corrected chi connectivity index (χ0v) is 10.4. The third kappa shape index (κ3) is 1.61. The summed E-state index contributed by atoms with van der Waals surface area (Å²) in [6.45, 7) is 0. The monoisotopic (exact) mass is 252 g/mol. The molecule has 1 heterocycles. The van der Waals surface area contributed by atoms with E-state index in [2.05, 4.69) is 4.98 Å². The molecule has 0 saturated carbocycles. The molecule has 0 unspecified atom stereocenters. The number of rotatable bonds is 1. The van der Waals surface area contributed by atoms with Gasteiger partial charge in [0.15, 0.2) is 0 Å². The molecule has 0 aliphatic carbocycles. The van der Waals surface area contributed by atoms with Crippen molar-refractivity contribution in [1.82, 2.24) is 4.98 Å². The number of aromatic nitrogens is 1. The van der Waals surface area contributed by atoms with Gasteiger partial charge < -0.3 is 10.5 Å². The Morgan fingerprint density at radius 1 is 1.11 bits per heavy atom. The molecular formula is C15H12N2O2. The second-order valence-corrected chi connectivity index (χ2v) is 4.25. The fourth-order valence-electron chi connectivity index (χ4n) is 2.38. The molecule has 1 aromatic heterocycles. The average Bonchev–Trinajstić information content (AvgIpc) is 2.47. The van der Waals surface area contributed by atoms with Crippen molar-refractivity contribution in [3.05, 3.63) is 48.3 Å². The number of nitrogens with two attached hydrogens (primary N) is 1. The van der Waals surface area contributed by atoms with Crippen LogP contribution in [-0.2, 0) is 4.74 Å². The number of nitrogens with zero attached hydrogens (tertiary/aromatic N) is 1. The molecule has 0 fully saturated rings. The van der Waals surface area contributed by atoms with Gasteiger partial charge in [0, 0.05) is 17.8 Å². The number of methoxy groups -OCH3 is 1. The van der Waals surface area contributed by atoms with E-state index in [0.29, 0.717) is 11.3 Å². The molecule has 0 amide bonds. The standard InChI is InChI=1S/C15H12N2O2/c1-19-15(18)13-11-5-3-2-4-9(11)10-6-7-17-8-12(10)14(13)16/h2-8H,16H2,1H3. The molecule has 0 bridgehead atoms. The van der Waals surface area contributed by atoms with Crippen molar-refractivity contribution in [2.45, 2.75) is 0 Å². The fourth-order valence-corrected chi connectivity index (χ4v) is 2.38. The van der Waals surface area contributed by atoms with E-state index in [4.69, 9.17) is 10.5 Å². The predicted molar refractivity (Wildman–Crippen MR) is 75.0 cm³/mol. The van der Waals surface area contributed by atoms with Gasteiger partial charge in [-0.15, -0.1) is 0 Å². The van der Waals surface area contributed by atoms with Crippen LogP contribution in [-0.4, -0.2) is 18.1 Å². The molecule has 94 valence electrons. The van der Waals surface area contributed by atoms with E-state index in [1.807, 2.05) is 30.3 Å². The Balaban J connectivity index is 2.59. The largest absolute Gasteiger partial charge is 0.465 e. The Bertz CT molecular complexity index is 797. The number of hydrogen-bond donors (Lipinski definition) is 1. The maximum atomic E-state index is 12.0. The van der Waals surface area contributed by atoms with Gasteiger partial charge in [0.05, 0.1) is 18.4 Å². The van der Waals surface area contributed by atoms with Crippen LogP contribution in [0.3, 0.4) is 0 Å². The summed E-state index contributed by atoms with van der Waals surface area (Å²) in [7, 11) is 1.35. The first-order valence-electron chi connectivity index (χ1n) is 5.86. The van der Waals surface area contributed by atoms with Gasteiger partial charge in [-0.05, 0) is 22.2 Å². The number of hydrogen-bond acceptors (Lipinski definition) is 4. The number of pyridine rings is 1. The molecule has 4 heteroatoms. The first-order valence-corrected chi connectivity index (χ1v) is 5.86. The van der Waals surface area contributed by atoms with E-state index >= 15 is 0 Å². The second kappa shape index (κ2) is 4.24. The Labute approximate surface area is 109 Å². The van der Waals surface area contributed by atoms with Crippen molar-refractivity contribution >= 4 is 33.2 Å². The summed E-state index contributed by atoms with van der Waals surface area (Å²) < 4.78 is 4.83. The number of anilines is 1. The van der Waals surface area contributed by atoms with Crippen LogP contribution in [0, 0.1) is 0 Å². The highest BCUT2D eigenvalue weighted by Crippen LogP contribution is 2.34. The highest BCUT2D eigenvalue weighted by Gasteiger charge is 2.18. The Morgan fingerprint density at radius 3 is 2.53 bits per heavy atom. The summed E-state index contributed by atoms with van der Waals surface area (Å²) in [5.41, 5.74) is 6.93. The molecule has 2 N–H and O–H groups in total. The number of benzene rings is 2. The lowest BCUT2D eigenvalue weighted by atomic mass is 9.96. The minimum Gasteiger partial charge on any atom is -0.465 e. The molecule has 0 aliphatic heterocycles. The SMILES string of the molecule is COC(=O)c1c(N)c2cnccc2c2ccccc12. The van der Waals surface area contributed by atoms with Crippen LogP contribution >= 0.6 is 0 Å². The van der Waals surface area contributed by atoms with E-state index < -0.39 is 5.97 Å². The number of esters is 1. The lowest BCUT2D eigenvalue weighted by Gasteiger charge is -2.12. The van der Waals surface area contributed by atoms with E-state index in [-0.39, 0.29) is 0 Å². The van der Waals surface area contributed by atoms with Crippen LogP contribution in [0.2, 0.25) is 0 Å². The summed E-state index contributed by atoms with van der Waals surface area (Å²) >= 11 is 0. The highest BCUT2D eigenvalue weighted by atomic mass is 16.5. The van der Waals surface area contributed by atoms with Crippen LogP contribution < -0.4 is 5.73 Å². The maximum absolute atomic E-state index is 12.0. The van der Waals surface area contributed by atoms with Gasteiger partial charge in [0.2, 0.25) is 0 Å². The molecule has 0 spiro atoms. The van der Waals surface area contributed by atoms with Gasteiger partial charge in [-0.2, -0.15) is 0 Å². The molecule has 0 aliphatic rings. The quantitative estimate of drug-likeness (QED) is 0.411. The smallest absolute Gasteiger partial charge is 0.340 e. The van der Waals surface area contributed by atoms with Crippen molar-refractivity contribution in [3.8, 4) is 0 Å². The summed E-state index contributed by atoms with van der Waals surface area (Å²) in [5.74, 6) is -0.431. The van der Waals surface area contributed by atoms with Crippen LogP contribution in [0.5, 0.6) is 0 Å². The van der Waals surface area contributed by atoms with Crippen molar-refractivity contribution in [1.29, 1.82) is 0 Å². The van der Waals surface area contributed by atoms with Gasteiger partial charge in [-0.25, -0.2) is 4.79 Å². The van der Waals surface area contributed by atoms with E-state index in [1.54, 1.807) is 12.4 Å². The molecule has 0 atom stereocenters. The summed E-state index contributed by atoms with van der Waals surface area (Å²) in [6, 6.07) is 9.54. The predicted octanol–water partition coefficient (Wildman–Crippen LogP) is 2.76. The molecular weight excluding hydrogens is 240 g/mol. The molecule has 4 nitrogen and oxygen atoms in total. The molecule has 3 aromatic rings. The fraction of sp³-hybridized carbons (Fsp3) is 0.0667. The van der Waals surface area contributed by atoms with Crippen molar-refractivity contribution in [2.24, 2.45) is 0 Å². The van der Waals surface area contributed by atoms with Crippen molar-refractivity contribution in [3.63, 3.8) is 0 Å². The second-order valence-electron chi connectivity index (χ2n) is 4.25. The molecule has 3 rings (SSSR count). The van der Waals surface area contributed by atoms with Gasteiger partial charge >= 0.3 is 5.97 Å². The normalized spacial score (nSPS) is 10.8. The Hall–Kier alpha value is -2.62. The minimum atomic E-state index is -0.431. The zero-order chi connectivity index (χ0) is 13.4. The molecule has 0 radical (unpaired) electrons. The number of nitrogen functional groups attached to an aromatic ring is 1. The topological polar surface area (TPSA) is 65.2 Å². The van der Waals surface area contributed by atoms with E-state index in [9.17, 15) is 4.79 Å². The van der Waals surface area contributed by atoms with Crippen molar-refractivity contribution in [2.75, 3.05) is 12.8 Å². The molecule has 0 saturated heterocycles.